The molecule has 2 rings (SSSR count). The summed E-state index contributed by atoms with van der Waals surface area (Å²) in [7, 11) is 3.18. The Kier molecular flexibility index (Phi) is 7.61. The molecule has 6 heteroatoms. The Balaban J connectivity index is 1.81. The van der Waals surface area contributed by atoms with Crippen LogP contribution in [-0.2, 0) is 4.79 Å². The molecule has 0 aliphatic carbocycles. The number of ether oxygens (including phenoxy) is 4. The lowest BCUT2D eigenvalue weighted by Crippen LogP contribution is -2.39. The standard InChI is InChI=1S/C20H25NO5/c1-4-17(26-16-9-7-8-15(14-16)23-2)20(22)21-12-13-25-19-11-6-5-10-18(19)24-3/h5-11,14,17H,4,12-13H2,1-3H3,(H,21,22). The van der Waals surface area contributed by atoms with Gasteiger partial charge >= 0.3 is 0 Å². The van der Waals surface area contributed by atoms with Crippen molar-refractivity contribution in [3.8, 4) is 23.0 Å². The van der Waals surface area contributed by atoms with Crippen LogP contribution < -0.4 is 24.3 Å². The fourth-order valence-electron chi connectivity index (χ4n) is 2.35. The molecule has 1 unspecified atom stereocenters. The number of nitrogens with one attached hydrogen (secondary N) is 1. The number of hydrogen-bond donors (Lipinski definition) is 1. The molecule has 26 heavy (non-hydrogen) atoms. The molecule has 0 bridgehead atoms. The number of carbonyl (C=O) groups is 1. The predicted molar refractivity (Wildman–Crippen MR) is 99.2 cm³/mol. The lowest BCUT2D eigenvalue weighted by molar-refractivity contribution is -0.128. The van der Waals surface area contributed by atoms with Crippen molar-refractivity contribution in [2.24, 2.45) is 0 Å². The summed E-state index contributed by atoms with van der Waals surface area (Å²) in [6.07, 6.45) is -0.0236. The maximum atomic E-state index is 12.3. The van der Waals surface area contributed by atoms with Crippen LogP contribution in [-0.4, -0.2) is 39.4 Å². The van der Waals surface area contributed by atoms with Crippen molar-refractivity contribution in [1.82, 2.24) is 5.32 Å². The molecule has 1 atom stereocenters. The van der Waals surface area contributed by atoms with Crippen LogP contribution in [0.15, 0.2) is 48.5 Å². The number of benzene rings is 2. The van der Waals surface area contributed by atoms with Gasteiger partial charge in [0, 0.05) is 6.07 Å². The molecule has 0 aliphatic heterocycles. The quantitative estimate of drug-likeness (QED) is 0.661. The van der Waals surface area contributed by atoms with Crippen LogP contribution >= 0.6 is 0 Å². The predicted octanol–water partition coefficient (Wildman–Crippen LogP) is 3.06. The molecule has 140 valence electrons. The van der Waals surface area contributed by atoms with Crippen LogP contribution in [0.5, 0.6) is 23.0 Å². The van der Waals surface area contributed by atoms with Gasteiger partial charge in [-0.2, -0.15) is 0 Å². The van der Waals surface area contributed by atoms with Crippen LogP contribution in [0.25, 0.3) is 0 Å². The van der Waals surface area contributed by atoms with Gasteiger partial charge in [-0.15, -0.1) is 0 Å². The fourth-order valence-corrected chi connectivity index (χ4v) is 2.35. The highest BCUT2D eigenvalue weighted by atomic mass is 16.5. The van der Waals surface area contributed by atoms with E-state index in [1.807, 2.05) is 43.3 Å². The van der Waals surface area contributed by atoms with E-state index >= 15 is 0 Å². The first-order valence-electron chi connectivity index (χ1n) is 8.52. The highest BCUT2D eigenvalue weighted by molar-refractivity contribution is 5.81. The van der Waals surface area contributed by atoms with E-state index in [0.717, 1.165) is 0 Å². The Bertz CT molecular complexity index is 704. The summed E-state index contributed by atoms with van der Waals surface area (Å²) in [5.41, 5.74) is 0. The third kappa shape index (κ3) is 5.58. The van der Waals surface area contributed by atoms with Crippen molar-refractivity contribution in [3.05, 3.63) is 48.5 Å². The fraction of sp³-hybridized carbons (Fsp3) is 0.350. The van der Waals surface area contributed by atoms with Crippen LogP contribution in [0.3, 0.4) is 0 Å². The zero-order valence-corrected chi connectivity index (χ0v) is 15.4. The van der Waals surface area contributed by atoms with Crippen molar-refractivity contribution in [1.29, 1.82) is 0 Å². The van der Waals surface area contributed by atoms with Gasteiger partial charge < -0.3 is 24.3 Å². The van der Waals surface area contributed by atoms with Crippen LogP contribution in [0.2, 0.25) is 0 Å². The second kappa shape index (κ2) is 10.2. The number of para-hydroxylation sites is 2. The van der Waals surface area contributed by atoms with E-state index in [2.05, 4.69) is 5.32 Å². The molecule has 0 heterocycles. The molecular formula is C20H25NO5. The van der Waals surface area contributed by atoms with Crippen LogP contribution in [0, 0.1) is 0 Å². The molecule has 0 aliphatic rings. The highest BCUT2D eigenvalue weighted by Gasteiger charge is 2.18. The van der Waals surface area contributed by atoms with Crippen molar-refractivity contribution >= 4 is 5.91 Å². The molecule has 0 spiro atoms. The average molecular weight is 359 g/mol. The summed E-state index contributed by atoms with van der Waals surface area (Å²) < 4.78 is 21.8. The molecule has 0 fully saturated rings. The summed E-state index contributed by atoms with van der Waals surface area (Å²) >= 11 is 0. The van der Waals surface area contributed by atoms with Gasteiger partial charge in [0.1, 0.15) is 18.1 Å². The Morgan fingerprint density at radius 3 is 2.42 bits per heavy atom. The lowest BCUT2D eigenvalue weighted by Gasteiger charge is -2.18. The minimum Gasteiger partial charge on any atom is -0.497 e. The van der Waals surface area contributed by atoms with Crippen LogP contribution in [0.1, 0.15) is 13.3 Å². The van der Waals surface area contributed by atoms with Crippen molar-refractivity contribution in [3.63, 3.8) is 0 Å². The Labute approximate surface area is 154 Å². The topological polar surface area (TPSA) is 66.0 Å². The first kappa shape index (κ1) is 19.4. The Morgan fingerprint density at radius 2 is 1.73 bits per heavy atom. The molecule has 0 radical (unpaired) electrons. The Morgan fingerprint density at radius 1 is 1.00 bits per heavy atom. The monoisotopic (exact) mass is 359 g/mol. The number of amides is 1. The van der Waals surface area contributed by atoms with Gasteiger partial charge in [-0.1, -0.05) is 25.1 Å². The molecule has 0 saturated carbocycles. The van der Waals surface area contributed by atoms with Gasteiger partial charge in [0.15, 0.2) is 17.6 Å². The zero-order chi connectivity index (χ0) is 18.8. The van der Waals surface area contributed by atoms with E-state index in [1.165, 1.54) is 0 Å². The van der Waals surface area contributed by atoms with Gasteiger partial charge in [-0.25, -0.2) is 0 Å². The zero-order valence-electron chi connectivity index (χ0n) is 15.4. The summed E-state index contributed by atoms with van der Waals surface area (Å²) in [4.78, 5) is 12.3. The van der Waals surface area contributed by atoms with E-state index < -0.39 is 6.10 Å². The SMILES string of the molecule is CCC(Oc1cccc(OC)c1)C(=O)NCCOc1ccccc1OC. The molecule has 0 aromatic heterocycles. The average Bonchev–Trinajstić information content (AvgIpc) is 2.69. The van der Waals surface area contributed by atoms with Gasteiger partial charge in [0.25, 0.3) is 5.91 Å². The molecule has 1 amide bonds. The van der Waals surface area contributed by atoms with Gasteiger partial charge in [0.2, 0.25) is 0 Å². The van der Waals surface area contributed by atoms with E-state index in [0.29, 0.717) is 42.6 Å². The molecular weight excluding hydrogens is 334 g/mol. The number of methoxy groups -OCH3 is 2. The summed E-state index contributed by atoms with van der Waals surface area (Å²) in [6, 6.07) is 14.6. The van der Waals surface area contributed by atoms with E-state index in [4.69, 9.17) is 18.9 Å². The minimum atomic E-state index is -0.576. The van der Waals surface area contributed by atoms with Crippen molar-refractivity contribution in [2.75, 3.05) is 27.4 Å². The normalized spacial score (nSPS) is 11.3. The highest BCUT2D eigenvalue weighted by Crippen LogP contribution is 2.25. The third-order valence-electron chi connectivity index (χ3n) is 3.71. The summed E-state index contributed by atoms with van der Waals surface area (Å²) in [5.74, 6) is 2.40. The number of hydrogen-bond acceptors (Lipinski definition) is 5. The second-order valence-corrected chi connectivity index (χ2v) is 5.48. The van der Waals surface area contributed by atoms with Crippen molar-refractivity contribution < 1.29 is 23.7 Å². The Hall–Kier alpha value is -2.89. The molecule has 2 aromatic carbocycles. The summed E-state index contributed by atoms with van der Waals surface area (Å²) in [5, 5.41) is 2.83. The van der Waals surface area contributed by atoms with E-state index in [9.17, 15) is 4.79 Å². The lowest BCUT2D eigenvalue weighted by atomic mass is 10.2. The van der Waals surface area contributed by atoms with Crippen LogP contribution in [0.4, 0.5) is 0 Å². The van der Waals surface area contributed by atoms with Gasteiger partial charge in [-0.05, 0) is 30.7 Å². The maximum Gasteiger partial charge on any atom is 0.261 e. The largest absolute Gasteiger partial charge is 0.497 e. The molecule has 1 N–H and O–H groups in total. The maximum absolute atomic E-state index is 12.3. The second-order valence-electron chi connectivity index (χ2n) is 5.48. The minimum absolute atomic E-state index is 0.182. The number of carbonyl (C=O) groups excluding carboxylic acids is 1. The third-order valence-corrected chi connectivity index (χ3v) is 3.71. The first-order valence-corrected chi connectivity index (χ1v) is 8.52. The number of rotatable bonds is 10. The molecule has 0 saturated heterocycles. The first-order chi connectivity index (χ1) is 12.7. The smallest absolute Gasteiger partial charge is 0.261 e. The summed E-state index contributed by atoms with van der Waals surface area (Å²) in [6.45, 7) is 2.60. The van der Waals surface area contributed by atoms with Gasteiger partial charge in [0.05, 0.1) is 20.8 Å². The van der Waals surface area contributed by atoms with E-state index in [1.54, 1.807) is 26.4 Å². The molecule has 6 nitrogen and oxygen atoms in total. The van der Waals surface area contributed by atoms with Gasteiger partial charge in [-0.3, -0.25) is 4.79 Å². The van der Waals surface area contributed by atoms with E-state index in [-0.39, 0.29) is 5.91 Å². The molecule has 2 aromatic rings. The van der Waals surface area contributed by atoms with Crippen molar-refractivity contribution in [2.45, 2.75) is 19.4 Å².